The van der Waals surface area contributed by atoms with E-state index in [1.54, 1.807) is 0 Å². The standard InChI is InChI=1S/C10H20FNO/c1-9(2)12-6-3-10(4-7-12)13-8-5-11/h9-10H,3-8H2,1-2H3. The maximum atomic E-state index is 11.8. The molecule has 0 aromatic carbocycles. The number of likely N-dealkylation sites (tertiary alicyclic amines) is 1. The zero-order valence-electron chi connectivity index (χ0n) is 8.63. The molecule has 0 bridgehead atoms. The van der Waals surface area contributed by atoms with Crippen molar-refractivity contribution >= 4 is 0 Å². The van der Waals surface area contributed by atoms with Gasteiger partial charge in [-0.25, -0.2) is 4.39 Å². The van der Waals surface area contributed by atoms with E-state index in [-0.39, 0.29) is 13.3 Å². The largest absolute Gasteiger partial charge is 0.375 e. The minimum absolute atomic E-state index is 0.270. The van der Waals surface area contributed by atoms with Gasteiger partial charge in [0, 0.05) is 19.1 Å². The average molecular weight is 189 g/mol. The molecule has 0 unspecified atom stereocenters. The van der Waals surface area contributed by atoms with Crippen molar-refractivity contribution in [2.45, 2.75) is 38.8 Å². The molecule has 0 aromatic rings. The molecule has 0 amide bonds. The van der Waals surface area contributed by atoms with Crippen molar-refractivity contribution in [2.24, 2.45) is 0 Å². The van der Waals surface area contributed by atoms with Crippen molar-refractivity contribution in [3.05, 3.63) is 0 Å². The van der Waals surface area contributed by atoms with Crippen LogP contribution in [0.4, 0.5) is 4.39 Å². The van der Waals surface area contributed by atoms with Gasteiger partial charge in [-0.1, -0.05) is 0 Å². The molecule has 1 rings (SSSR count). The van der Waals surface area contributed by atoms with Crippen LogP contribution < -0.4 is 0 Å². The minimum Gasteiger partial charge on any atom is -0.375 e. The summed E-state index contributed by atoms with van der Waals surface area (Å²) in [7, 11) is 0. The molecular formula is C10H20FNO. The first-order chi connectivity index (χ1) is 6.24. The van der Waals surface area contributed by atoms with Crippen molar-refractivity contribution in [3.8, 4) is 0 Å². The average Bonchev–Trinajstić information content (AvgIpc) is 2.15. The molecule has 78 valence electrons. The summed E-state index contributed by atoms with van der Waals surface area (Å²) in [6.07, 6.45) is 2.40. The zero-order valence-corrected chi connectivity index (χ0v) is 8.63. The Bertz CT molecular complexity index is 133. The van der Waals surface area contributed by atoms with Gasteiger partial charge >= 0.3 is 0 Å². The first-order valence-corrected chi connectivity index (χ1v) is 5.15. The van der Waals surface area contributed by atoms with E-state index in [0.717, 1.165) is 25.9 Å². The number of rotatable bonds is 4. The maximum absolute atomic E-state index is 11.8. The second kappa shape index (κ2) is 5.55. The molecule has 0 aliphatic carbocycles. The Morgan fingerprint density at radius 2 is 2.00 bits per heavy atom. The summed E-state index contributed by atoms with van der Waals surface area (Å²) in [5.74, 6) is 0. The van der Waals surface area contributed by atoms with Crippen LogP contribution in [0.3, 0.4) is 0 Å². The minimum atomic E-state index is -0.357. The van der Waals surface area contributed by atoms with Gasteiger partial charge in [0.15, 0.2) is 0 Å². The number of ether oxygens (including phenoxy) is 1. The summed E-state index contributed by atoms with van der Waals surface area (Å²) < 4.78 is 17.2. The lowest BCUT2D eigenvalue weighted by Crippen LogP contribution is -2.41. The fourth-order valence-corrected chi connectivity index (χ4v) is 1.77. The highest BCUT2D eigenvalue weighted by atomic mass is 19.1. The Morgan fingerprint density at radius 1 is 1.38 bits per heavy atom. The predicted molar refractivity (Wildman–Crippen MR) is 51.7 cm³/mol. The Balaban J connectivity index is 2.15. The van der Waals surface area contributed by atoms with Gasteiger partial charge in [0.05, 0.1) is 12.7 Å². The van der Waals surface area contributed by atoms with Gasteiger partial charge in [-0.05, 0) is 26.7 Å². The molecular weight excluding hydrogens is 169 g/mol. The number of piperidine rings is 1. The first kappa shape index (κ1) is 10.9. The van der Waals surface area contributed by atoms with Crippen molar-refractivity contribution in [1.29, 1.82) is 0 Å². The Morgan fingerprint density at radius 3 is 2.46 bits per heavy atom. The van der Waals surface area contributed by atoms with E-state index in [1.165, 1.54) is 0 Å². The highest BCUT2D eigenvalue weighted by molar-refractivity contribution is 4.74. The quantitative estimate of drug-likeness (QED) is 0.669. The van der Waals surface area contributed by atoms with Crippen LogP contribution in [-0.4, -0.2) is 43.4 Å². The normalized spacial score (nSPS) is 21.2. The van der Waals surface area contributed by atoms with E-state index in [4.69, 9.17) is 4.74 Å². The van der Waals surface area contributed by atoms with Crippen LogP contribution in [0.1, 0.15) is 26.7 Å². The zero-order chi connectivity index (χ0) is 9.68. The van der Waals surface area contributed by atoms with Crippen LogP contribution in [-0.2, 0) is 4.74 Å². The Hall–Kier alpha value is -0.150. The third-order valence-corrected chi connectivity index (χ3v) is 2.64. The summed E-state index contributed by atoms with van der Waals surface area (Å²) in [6, 6.07) is 0.627. The molecule has 0 saturated carbocycles. The Labute approximate surface area is 80.1 Å². The Kier molecular flexibility index (Phi) is 4.67. The lowest BCUT2D eigenvalue weighted by molar-refractivity contribution is -0.00355. The van der Waals surface area contributed by atoms with Crippen LogP contribution in [0.2, 0.25) is 0 Å². The van der Waals surface area contributed by atoms with E-state index in [2.05, 4.69) is 18.7 Å². The summed E-state index contributed by atoms with van der Waals surface area (Å²) in [4.78, 5) is 2.44. The number of hydrogen-bond acceptors (Lipinski definition) is 2. The van der Waals surface area contributed by atoms with Crippen LogP contribution in [0.15, 0.2) is 0 Å². The summed E-state index contributed by atoms with van der Waals surface area (Å²) in [5, 5.41) is 0. The SMILES string of the molecule is CC(C)N1CCC(OCCF)CC1. The fraction of sp³-hybridized carbons (Fsp3) is 1.00. The van der Waals surface area contributed by atoms with Crippen molar-refractivity contribution in [3.63, 3.8) is 0 Å². The fourth-order valence-electron chi connectivity index (χ4n) is 1.77. The highest BCUT2D eigenvalue weighted by Crippen LogP contribution is 2.15. The number of hydrogen-bond donors (Lipinski definition) is 0. The summed E-state index contributed by atoms with van der Waals surface area (Å²) in [6.45, 7) is 6.52. The van der Waals surface area contributed by atoms with Gasteiger partial charge in [0.2, 0.25) is 0 Å². The van der Waals surface area contributed by atoms with Gasteiger partial charge in [0.25, 0.3) is 0 Å². The molecule has 1 heterocycles. The molecule has 1 fully saturated rings. The van der Waals surface area contributed by atoms with Gasteiger partial charge < -0.3 is 9.64 Å². The monoisotopic (exact) mass is 189 g/mol. The van der Waals surface area contributed by atoms with Crippen molar-refractivity contribution < 1.29 is 9.13 Å². The molecule has 1 aliphatic heterocycles. The van der Waals surface area contributed by atoms with Gasteiger partial charge in [-0.3, -0.25) is 0 Å². The van der Waals surface area contributed by atoms with Gasteiger partial charge in [-0.2, -0.15) is 0 Å². The molecule has 0 radical (unpaired) electrons. The lowest BCUT2D eigenvalue weighted by atomic mass is 10.1. The number of nitrogens with zero attached hydrogens (tertiary/aromatic N) is 1. The lowest BCUT2D eigenvalue weighted by Gasteiger charge is -2.34. The molecule has 13 heavy (non-hydrogen) atoms. The number of alkyl halides is 1. The maximum Gasteiger partial charge on any atom is 0.113 e. The number of halogens is 1. The van der Waals surface area contributed by atoms with E-state index in [0.29, 0.717) is 12.1 Å². The molecule has 3 heteroatoms. The van der Waals surface area contributed by atoms with Crippen LogP contribution in [0.25, 0.3) is 0 Å². The molecule has 0 atom stereocenters. The molecule has 1 aliphatic rings. The van der Waals surface area contributed by atoms with Crippen molar-refractivity contribution in [2.75, 3.05) is 26.4 Å². The predicted octanol–water partition coefficient (Wildman–Crippen LogP) is 1.85. The molecule has 0 spiro atoms. The summed E-state index contributed by atoms with van der Waals surface area (Å²) >= 11 is 0. The smallest absolute Gasteiger partial charge is 0.113 e. The second-order valence-corrected chi connectivity index (χ2v) is 3.89. The third kappa shape index (κ3) is 3.61. The van der Waals surface area contributed by atoms with Crippen LogP contribution >= 0.6 is 0 Å². The molecule has 0 aromatic heterocycles. The van der Waals surface area contributed by atoms with Crippen LogP contribution in [0.5, 0.6) is 0 Å². The van der Waals surface area contributed by atoms with Crippen LogP contribution in [0, 0.1) is 0 Å². The summed E-state index contributed by atoms with van der Waals surface area (Å²) in [5.41, 5.74) is 0. The van der Waals surface area contributed by atoms with E-state index in [1.807, 2.05) is 0 Å². The first-order valence-electron chi connectivity index (χ1n) is 5.15. The topological polar surface area (TPSA) is 12.5 Å². The van der Waals surface area contributed by atoms with E-state index < -0.39 is 0 Å². The molecule has 2 nitrogen and oxygen atoms in total. The van der Waals surface area contributed by atoms with Gasteiger partial charge in [0.1, 0.15) is 6.67 Å². The van der Waals surface area contributed by atoms with Gasteiger partial charge in [-0.15, -0.1) is 0 Å². The molecule has 0 N–H and O–H groups in total. The highest BCUT2D eigenvalue weighted by Gasteiger charge is 2.20. The van der Waals surface area contributed by atoms with Crippen molar-refractivity contribution in [1.82, 2.24) is 4.90 Å². The van der Waals surface area contributed by atoms with E-state index >= 15 is 0 Å². The van der Waals surface area contributed by atoms with E-state index in [9.17, 15) is 4.39 Å². The third-order valence-electron chi connectivity index (χ3n) is 2.64. The molecule has 1 saturated heterocycles. The second-order valence-electron chi connectivity index (χ2n) is 3.89.